The fourth-order valence-electron chi connectivity index (χ4n) is 2.77. The summed E-state index contributed by atoms with van der Waals surface area (Å²) in [5.41, 5.74) is 0.0750. The van der Waals surface area contributed by atoms with Gasteiger partial charge in [0.2, 0.25) is 0 Å². The van der Waals surface area contributed by atoms with Crippen LogP contribution in [0, 0.1) is 22.0 Å². The van der Waals surface area contributed by atoms with Gasteiger partial charge in [-0.05, 0) is 43.0 Å². The Morgan fingerprint density at radius 3 is 2.22 bits per heavy atom. The summed E-state index contributed by atoms with van der Waals surface area (Å²) in [5.74, 6) is 1.39. The highest BCUT2D eigenvalue weighted by molar-refractivity contribution is 6.35. The predicted octanol–water partition coefficient (Wildman–Crippen LogP) is 7.18. The molecule has 0 aromatic heterocycles. The second-order valence-electron chi connectivity index (χ2n) is 7.33. The number of benzene rings is 2. The van der Waals surface area contributed by atoms with Gasteiger partial charge in [0.05, 0.1) is 9.95 Å². The van der Waals surface area contributed by atoms with Gasteiger partial charge in [0.15, 0.2) is 0 Å². The molecule has 0 spiro atoms. The van der Waals surface area contributed by atoms with Crippen LogP contribution in [0.4, 0.5) is 11.4 Å². The van der Waals surface area contributed by atoms with Crippen LogP contribution in [0.15, 0.2) is 36.4 Å². The average molecular weight is 411 g/mol. The van der Waals surface area contributed by atoms with E-state index in [-0.39, 0.29) is 23.1 Å². The molecule has 5 nitrogen and oxygen atoms in total. The Hall–Kier alpha value is -1.98. The molecule has 0 aliphatic carbocycles. The number of rotatable bonds is 7. The lowest BCUT2D eigenvalue weighted by atomic mass is 9.78. The van der Waals surface area contributed by atoms with E-state index in [1.165, 1.54) is 6.07 Å². The molecule has 0 radical (unpaired) electrons. The Morgan fingerprint density at radius 2 is 1.70 bits per heavy atom. The molecule has 0 heterocycles. The minimum atomic E-state index is -0.400. The first-order valence-electron chi connectivity index (χ1n) is 8.74. The molecule has 0 bridgehead atoms. The smallest absolute Gasteiger partial charge is 0.292 e. The Labute approximate surface area is 169 Å². The summed E-state index contributed by atoms with van der Waals surface area (Å²) in [6.07, 6.45) is 0. The van der Waals surface area contributed by atoms with E-state index in [1.54, 1.807) is 30.3 Å². The van der Waals surface area contributed by atoms with Gasteiger partial charge in [-0.3, -0.25) is 10.1 Å². The van der Waals surface area contributed by atoms with Crippen LogP contribution < -0.4 is 10.1 Å². The van der Waals surface area contributed by atoms with E-state index >= 15 is 0 Å². The van der Waals surface area contributed by atoms with Crippen molar-refractivity contribution in [2.24, 2.45) is 11.8 Å². The molecule has 0 fully saturated rings. The molecule has 2 aromatic carbocycles. The lowest BCUT2D eigenvalue weighted by Crippen LogP contribution is -2.45. The Balaban J connectivity index is 2.43. The number of ether oxygens (including phenoxy) is 1. The number of nitro groups is 1. The van der Waals surface area contributed by atoms with Crippen molar-refractivity contribution in [3.8, 4) is 11.5 Å². The van der Waals surface area contributed by atoms with Gasteiger partial charge in [-0.2, -0.15) is 0 Å². The highest BCUT2D eigenvalue weighted by Gasteiger charge is 2.33. The van der Waals surface area contributed by atoms with E-state index in [1.807, 2.05) is 0 Å². The van der Waals surface area contributed by atoms with Crippen LogP contribution in [0.3, 0.4) is 0 Å². The van der Waals surface area contributed by atoms with Gasteiger partial charge in [0.1, 0.15) is 17.2 Å². The quantitative estimate of drug-likeness (QED) is 0.387. The number of nitro benzene ring substituents is 1. The van der Waals surface area contributed by atoms with Crippen molar-refractivity contribution in [1.82, 2.24) is 0 Å². The van der Waals surface area contributed by atoms with Crippen molar-refractivity contribution >= 4 is 34.6 Å². The highest BCUT2D eigenvalue weighted by atomic mass is 35.5. The third kappa shape index (κ3) is 4.85. The zero-order valence-corrected chi connectivity index (χ0v) is 17.6. The topological polar surface area (TPSA) is 64.4 Å². The van der Waals surface area contributed by atoms with Gasteiger partial charge in [-0.25, -0.2) is 0 Å². The van der Waals surface area contributed by atoms with Crippen molar-refractivity contribution in [1.29, 1.82) is 0 Å². The molecule has 146 valence electrons. The van der Waals surface area contributed by atoms with Gasteiger partial charge in [-0.15, -0.1) is 0 Å². The largest absolute Gasteiger partial charge is 0.456 e. The molecule has 7 heteroatoms. The third-order valence-electron chi connectivity index (χ3n) is 5.09. The number of halogens is 2. The summed E-state index contributed by atoms with van der Waals surface area (Å²) < 4.78 is 5.82. The first-order valence-corrected chi connectivity index (χ1v) is 9.49. The first kappa shape index (κ1) is 21.3. The number of anilines is 1. The molecule has 0 saturated carbocycles. The van der Waals surface area contributed by atoms with Crippen LogP contribution in [0.1, 0.15) is 34.6 Å². The van der Waals surface area contributed by atoms with E-state index in [9.17, 15) is 10.1 Å². The Kier molecular flexibility index (Phi) is 6.60. The monoisotopic (exact) mass is 410 g/mol. The lowest BCUT2D eigenvalue weighted by molar-refractivity contribution is -0.384. The molecule has 0 amide bonds. The number of hydrogen-bond acceptors (Lipinski definition) is 4. The summed E-state index contributed by atoms with van der Waals surface area (Å²) in [5, 5.41) is 15.7. The first-order chi connectivity index (χ1) is 12.5. The maximum atomic E-state index is 11.5. The molecule has 0 aliphatic heterocycles. The zero-order valence-electron chi connectivity index (χ0n) is 16.0. The van der Waals surface area contributed by atoms with Crippen LogP contribution in [0.5, 0.6) is 11.5 Å². The van der Waals surface area contributed by atoms with Crippen LogP contribution >= 0.6 is 23.2 Å². The van der Waals surface area contributed by atoms with Crippen molar-refractivity contribution in [2.75, 3.05) is 5.32 Å². The third-order valence-corrected chi connectivity index (χ3v) is 5.62. The fraction of sp³-hybridized carbons (Fsp3) is 0.400. The molecular formula is C20H24Cl2N2O3. The second kappa shape index (κ2) is 8.36. The summed E-state index contributed by atoms with van der Waals surface area (Å²) in [4.78, 5) is 11.1. The summed E-state index contributed by atoms with van der Waals surface area (Å²) in [6, 6.07) is 9.52. The number of nitrogens with zero attached hydrogens (tertiary/aromatic N) is 1. The van der Waals surface area contributed by atoms with Crippen molar-refractivity contribution in [3.05, 3.63) is 56.6 Å². The summed E-state index contributed by atoms with van der Waals surface area (Å²) in [6.45, 7) is 10.4. The Morgan fingerprint density at radius 1 is 1.07 bits per heavy atom. The summed E-state index contributed by atoms with van der Waals surface area (Å²) in [7, 11) is 0. The van der Waals surface area contributed by atoms with E-state index in [4.69, 9.17) is 27.9 Å². The standard InChI is InChI=1S/C20H24Cl2N2O3/c1-12(2)20(5,13(3)4)23-17-11-15(7-8-18(17)24(25)26)27-19-9-6-14(21)10-16(19)22/h6-13,23H,1-5H3. The lowest BCUT2D eigenvalue weighted by Gasteiger charge is -2.39. The van der Waals surface area contributed by atoms with E-state index in [0.29, 0.717) is 27.2 Å². The van der Waals surface area contributed by atoms with E-state index in [0.717, 1.165) is 0 Å². The van der Waals surface area contributed by atoms with Crippen LogP contribution in [0.25, 0.3) is 0 Å². The molecule has 2 rings (SSSR count). The van der Waals surface area contributed by atoms with E-state index < -0.39 is 4.92 Å². The fourth-order valence-corrected chi connectivity index (χ4v) is 3.22. The molecule has 1 N–H and O–H groups in total. The predicted molar refractivity (Wildman–Crippen MR) is 111 cm³/mol. The van der Waals surface area contributed by atoms with Gasteiger partial charge in [-0.1, -0.05) is 50.9 Å². The second-order valence-corrected chi connectivity index (χ2v) is 8.17. The molecule has 2 aromatic rings. The highest BCUT2D eigenvalue weighted by Crippen LogP contribution is 2.38. The Bertz CT molecular complexity index is 830. The molecule has 0 unspecified atom stereocenters. The average Bonchev–Trinajstić information content (AvgIpc) is 2.57. The maximum absolute atomic E-state index is 11.5. The zero-order chi connectivity index (χ0) is 20.4. The van der Waals surface area contributed by atoms with E-state index in [2.05, 4.69) is 39.9 Å². The van der Waals surface area contributed by atoms with Crippen molar-refractivity contribution in [3.63, 3.8) is 0 Å². The minimum Gasteiger partial charge on any atom is -0.456 e. The van der Waals surface area contributed by atoms with Crippen LogP contribution in [0.2, 0.25) is 10.0 Å². The van der Waals surface area contributed by atoms with Crippen molar-refractivity contribution in [2.45, 2.75) is 40.2 Å². The molecule has 0 aliphatic rings. The van der Waals surface area contributed by atoms with Crippen LogP contribution in [-0.4, -0.2) is 10.5 Å². The molecule has 27 heavy (non-hydrogen) atoms. The van der Waals surface area contributed by atoms with Crippen molar-refractivity contribution < 1.29 is 9.66 Å². The minimum absolute atomic E-state index is 0.00271. The molecular weight excluding hydrogens is 387 g/mol. The van der Waals surface area contributed by atoms with Gasteiger partial charge >= 0.3 is 0 Å². The van der Waals surface area contributed by atoms with Crippen LogP contribution in [-0.2, 0) is 0 Å². The number of nitrogens with one attached hydrogen (secondary N) is 1. The van der Waals surface area contributed by atoms with Gasteiger partial charge in [0, 0.05) is 22.7 Å². The normalized spacial score (nSPS) is 11.7. The maximum Gasteiger partial charge on any atom is 0.292 e. The molecule has 0 atom stereocenters. The summed E-state index contributed by atoms with van der Waals surface area (Å²) >= 11 is 12.1. The SMILES string of the molecule is CC(C)C(C)(Nc1cc(Oc2ccc(Cl)cc2Cl)ccc1[N+](=O)[O-])C(C)C. The van der Waals surface area contributed by atoms with Gasteiger partial charge in [0.25, 0.3) is 5.69 Å². The van der Waals surface area contributed by atoms with Gasteiger partial charge < -0.3 is 10.1 Å². The number of hydrogen-bond donors (Lipinski definition) is 1. The molecule has 0 saturated heterocycles.